The molecule has 2 heterocycles. The normalized spacial score (nSPS) is 10.3. The van der Waals surface area contributed by atoms with E-state index in [0.717, 1.165) is 33.3 Å². The molecule has 94 valence electrons. The largest absolute Gasteiger partial charge is 0.369 e. The molecule has 0 aliphatic rings. The minimum Gasteiger partial charge on any atom is -0.369 e. The van der Waals surface area contributed by atoms with Crippen LogP contribution in [0.4, 0.5) is 5.82 Å². The average Bonchev–Trinajstić information content (AvgIpc) is 2.40. The first-order chi connectivity index (χ1) is 8.78. The van der Waals surface area contributed by atoms with Crippen molar-refractivity contribution in [3.8, 4) is 0 Å². The Balaban J connectivity index is 1.91. The van der Waals surface area contributed by atoms with Crippen molar-refractivity contribution in [2.45, 2.75) is 17.7 Å². The van der Waals surface area contributed by atoms with Crippen LogP contribution in [0.25, 0.3) is 0 Å². The SMILES string of the molecule is CCNc1cnc(CSc2ccc(Br)cn2)cn1. The van der Waals surface area contributed by atoms with Gasteiger partial charge in [-0.25, -0.2) is 9.97 Å². The third-order valence-electron chi connectivity index (χ3n) is 2.13. The van der Waals surface area contributed by atoms with Crippen molar-refractivity contribution in [3.05, 3.63) is 40.9 Å². The van der Waals surface area contributed by atoms with Crippen LogP contribution < -0.4 is 5.32 Å². The molecule has 0 saturated heterocycles. The summed E-state index contributed by atoms with van der Waals surface area (Å²) in [6.45, 7) is 2.89. The second kappa shape index (κ2) is 6.70. The smallest absolute Gasteiger partial charge is 0.144 e. The fourth-order valence-electron chi connectivity index (χ4n) is 1.30. The Morgan fingerprint density at radius 3 is 2.67 bits per heavy atom. The molecule has 6 heteroatoms. The van der Waals surface area contributed by atoms with Gasteiger partial charge < -0.3 is 5.32 Å². The molecule has 0 bridgehead atoms. The predicted molar refractivity (Wildman–Crippen MR) is 77.7 cm³/mol. The molecule has 0 aliphatic heterocycles. The molecule has 0 saturated carbocycles. The van der Waals surface area contributed by atoms with E-state index in [4.69, 9.17) is 0 Å². The topological polar surface area (TPSA) is 50.7 Å². The molecule has 2 aromatic rings. The summed E-state index contributed by atoms with van der Waals surface area (Å²) in [7, 11) is 0. The summed E-state index contributed by atoms with van der Waals surface area (Å²) in [6.07, 6.45) is 5.35. The lowest BCUT2D eigenvalue weighted by atomic mass is 10.5. The molecule has 0 aliphatic carbocycles. The van der Waals surface area contributed by atoms with E-state index in [2.05, 4.69) is 36.2 Å². The van der Waals surface area contributed by atoms with E-state index in [9.17, 15) is 0 Å². The van der Waals surface area contributed by atoms with Gasteiger partial charge in [-0.2, -0.15) is 0 Å². The second-order valence-electron chi connectivity index (χ2n) is 3.53. The third kappa shape index (κ3) is 3.96. The lowest BCUT2D eigenvalue weighted by molar-refractivity contribution is 1.06. The number of hydrogen-bond acceptors (Lipinski definition) is 5. The van der Waals surface area contributed by atoms with E-state index < -0.39 is 0 Å². The maximum atomic E-state index is 4.35. The average molecular weight is 325 g/mol. The van der Waals surface area contributed by atoms with Crippen molar-refractivity contribution in [2.24, 2.45) is 0 Å². The van der Waals surface area contributed by atoms with Crippen molar-refractivity contribution in [1.29, 1.82) is 0 Å². The summed E-state index contributed by atoms with van der Waals surface area (Å²) in [6, 6.07) is 3.96. The van der Waals surface area contributed by atoms with Crippen molar-refractivity contribution < 1.29 is 0 Å². The summed E-state index contributed by atoms with van der Waals surface area (Å²) in [5, 5.41) is 4.10. The molecule has 18 heavy (non-hydrogen) atoms. The molecular weight excluding hydrogens is 312 g/mol. The maximum Gasteiger partial charge on any atom is 0.144 e. The highest BCUT2D eigenvalue weighted by Gasteiger charge is 2.00. The van der Waals surface area contributed by atoms with Gasteiger partial charge in [0.05, 0.1) is 23.1 Å². The Labute approximate surface area is 119 Å². The Morgan fingerprint density at radius 1 is 1.17 bits per heavy atom. The number of hydrogen-bond donors (Lipinski definition) is 1. The molecule has 1 N–H and O–H groups in total. The predicted octanol–water partition coefficient (Wildman–Crippen LogP) is 3.36. The number of nitrogens with zero attached hydrogens (tertiary/aromatic N) is 3. The minimum absolute atomic E-state index is 0.772. The van der Waals surface area contributed by atoms with Gasteiger partial charge in [0.2, 0.25) is 0 Å². The summed E-state index contributed by atoms with van der Waals surface area (Å²) >= 11 is 5.01. The van der Waals surface area contributed by atoms with E-state index in [-0.39, 0.29) is 0 Å². The minimum atomic E-state index is 0.772. The quantitative estimate of drug-likeness (QED) is 0.854. The number of aromatic nitrogens is 3. The fourth-order valence-corrected chi connectivity index (χ4v) is 2.27. The number of thioether (sulfide) groups is 1. The zero-order valence-electron chi connectivity index (χ0n) is 9.93. The number of rotatable bonds is 5. The first-order valence-corrected chi connectivity index (χ1v) is 7.35. The van der Waals surface area contributed by atoms with Crippen LogP contribution in [0.2, 0.25) is 0 Å². The molecule has 2 rings (SSSR count). The van der Waals surface area contributed by atoms with Gasteiger partial charge in [-0.05, 0) is 35.0 Å². The van der Waals surface area contributed by atoms with E-state index in [1.165, 1.54) is 0 Å². The van der Waals surface area contributed by atoms with Crippen LogP contribution >= 0.6 is 27.7 Å². The van der Waals surface area contributed by atoms with Gasteiger partial charge in [-0.3, -0.25) is 4.98 Å². The van der Waals surface area contributed by atoms with E-state index >= 15 is 0 Å². The first kappa shape index (κ1) is 13.3. The van der Waals surface area contributed by atoms with Gasteiger partial charge >= 0.3 is 0 Å². The molecule has 0 unspecified atom stereocenters. The highest BCUT2D eigenvalue weighted by Crippen LogP contribution is 2.21. The lowest BCUT2D eigenvalue weighted by Gasteiger charge is -2.03. The van der Waals surface area contributed by atoms with Crippen LogP contribution in [0.5, 0.6) is 0 Å². The third-order valence-corrected chi connectivity index (χ3v) is 3.58. The Kier molecular flexibility index (Phi) is 4.95. The van der Waals surface area contributed by atoms with Gasteiger partial charge in [0, 0.05) is 23.0 Å². The summed E-state index contributed by atoms with van der Waals surface area (Å²) in [4.78, 5) is 12.9. The molecule has 4 nitrogen and oxygen atoms in total. The Morgan fingerprint density at radius 2 is 2.06 bits per heavy atom. The van der Waals surface area contributed by atoms with Crippen LogP contribution in [0.1, 0.15) is 12.6 Å². The van der Waals surface area contributed by atoms with Crippen LogP contribution in [-0.2, 0) is 5.75 Å². The molecule has 0 aromatic carbocycles. The second-order valence-corrected chi connectivity index (χ2v) is 5.44. The van der Waals surface area contributed by atoms with Crippen LogP contribution in [-0.4, -0.2) is 21.5 Å². The zero-order valence-corrected chi connectivity index (χ0v) is 12.3. The summed E-state index contributed by atoms with van der Waals surface area (Å²) < 4.78 is 0.988. The maximum absolute atomic E-state index is 4.35. The molecule has 0 fully saturated rings. The first-order valence-electron chi connectivity index (χ1n) is 5.57. The Hall–Kier alpha value is -1.14. The molecule has 2 aromatic heterocycles. The molecule has 0 spiro atoms. The summed E-state index contributed by atoms with van der Waals surface area (Å²) in [5.74, 6) is 1.58. The Bertz CT molecular complexity index is 486. The van der Waals surface area contributed by atoms with Crippen LogP contribution in [0.15, 0.2) is 40.2 Å². The summed E-state index contributed by atoms with van der Waals surface area (Å²) in [5.41, 5.74) is 0.950. The van der Waals surface area contributed by atoms with Crippen LogP contribution in [0, 0.1) is 0 Å². The van der Waals surface area contributed by atoms with Gasteiger partial charge in [-0.1, -0.05) is 11.8 Å². The number of anilines is 1. The van der Waals surface area contributed by atoms with Crippen LogP contribution in [0.3, 0.4) is 0 Å². The molecule has 0 atom stereocenters. The van der Waals surface area contributed by atoms with E-state index in [1.54, 1.807) is 30.4 Å². The fraction of sp³-hybridized carbons (Fsp3) is 0.250. The van der Waals surface area contributed by atoms with E-state index in [1.807, 2.05) is 19.1 Å². The standard InChI is InChI=1S/C12H13BrN4S/c1-2-14-11-7-15-10(6-16-11)8-18-12-4-3-9(13)5-17-12/h3-7H,2,8H2,1H3,(H,14,16). The zero-order chi connectivity index (χ0) is 12.8. The van der Waals surface area contributed by atoms with Gasteiger partial charge in [-0.15, -0.1) is 0 Å². The highest BCUT2D eigenvalue weighted by molar-refractivity contribution is 9.10. The van der Waals surface area contributed by atoms with Crippen molar-refractivity contribution in [1.82, 2.24) is 15.0 Å². The number of pyridine rings is 1. The molecular formula is C12H13BrN4S. The highest BCUT2D eigenvalue weighted by atomic mass is 79.9. The van der Waals surface area contributed by atoms with Gasteiger partial charge in [0.25, 0.3) is 0 Å². The number of halogens is 1. The van der Waals surface area contributed by atoms with Gasteiger partial charge in [0.1, 0.15) is 5.82 Å². The van der Waals surface area contributed by atoms with Crippen molar-refractivity contribution in [3.63, 3.8) is 0 Å². The van der Waals surface area contributed by atoms with E-state index in [0.29, 0.717) is 0 Å². The van der Waals surface area contributed by atoms with Crippen molar-refractivity contribution in [2.75, 3.05) is 11.9 Å². The lowest BCUT2D eigenvalue weighted by Crippen LogP contribution is -2.00. The van der Waals surface area contributed by atoms with Crippen molar-refractivity contribution >= 4 is 33.5 Å². The van der Waals surface area contributed by atoms with Gasteiger partial charge in [0.15, 0.2) is 0 Å². The monoisotopic (exact) mass is 324 g/mol. The molecule has 0 radical (unpaired) electrons. The molecule has 0 amide bonds. The number of nitrogens with one attached hydrogen (secondary N) is 1.